The van der Waals surface area contributed by atoms with Crippen LogP contribution < -0.4 is 5.32 Å². The Morgan fingerprint density at radius 3 is 2.44 bits per heavy atom. The third kappa shape index (κ3) is 5.38. The molecule has 2 N–H and O–H groups in total. The van der Waals surface area contributed by atoms with Crippen LogP contribution in [0.5, 0.6) is 0 Å². The summed E-state index contributed by atoms with van der Waals surface area (Å²) in [7, 11) is 0. The highest BCUT2D eigenvalue weighted by Crippen LogP contribution is 2.19. The average Bonchev–Trinajstić information content (AvgIpc) is 2.63. The van der Waals surface area contributed by atoms with Crippen molar-refractivity contribution < 1.29 is 14.7 Å². The van der Waals surface area contributed by atoms with Crippen molar-refractivity contribution in [3.8, 4) is 0 Å². The summed E-state index contributed by atoms with van der Waals surface area (Å²) >= 11 is 0. The number of hydrogen-bond donors (Lipinski definition) is 2. The Bertz CT molecular complexity index is 729. The molecule has 0 atom stereocenters. The van der Waals surface area contributed by atoms with Crippen molar-refractivity contribution in [2.75, 3.05) is 31.6 Å². The average molecular weight is 338 g/mol. The molecule has 0 saturated heterocycles. The molecule has 5 heteroatoms. The molecule has 2 aromatic carbocycles. The number of aliphatic hydroxyl groups excluding tert-OH is 1. The fourth-order valence-corrected chi connectivity index (χ4v) is 2.49. The minimum absolute atomic E-state index is 0.0375. The number of nitrogens with zero attached hydrogens (tertiary/aromatic N) is 1. The molecule has 0 bridgehead atoms. The lowest BCUT2D eigenvalue weighted by molar-refractivity contribution is -0.117. The lowest BCUT2D eigenvalue weighted by atomic mass is 10.0. The van der Waals surface area contributed by atoms with Crippen LogP contribution in [0.15, 0.2) is 67.3 Å². The second-order valence-electron chi connectivity index (χ2n) is 5.54. The van der Waals surface area contributed by atoms with Crippen molar-refractivity contribution in [1.82, 2.24) is 4.90 Å². The summed E-state index contributed by atoms with van der Waals surface area (Å²) in [6.45, 7) is 4.60. The quantitative estimate of drug-likeness (QED) is 0.544. The smallest absolute Gasteiger partial charge is 0.238 e. The van der Waals surface area contributed by atoms with Crippen LogP contribution in [-0.4, -0.2) is 47.9 Å². The summed E-state index contributed by atoms with van der Waals surface area (Å²) in [5.41, 5.74) is 1.49. The molecule has 0 unspecified atom stereocenters. The number of aliphatic hydroxyl groups is 1. The number of ketones is 1. The van der Waals surface area contributed by atoms with Gasteiger partial charge in [0.25, 0.3) is 0 Å². The van der Waals surface area contributed by atoms with Gasteiger partial charge in [0.05, 0.1) is 18.8 Å². The summed E-state index contributed by atoms with van der Waals surface area (Å²) in [6, 6.07) is 15.9. The van der Waals surface area contributed by atoms with Gasteiger partial charge in [0.1, 0.15) is 0 Å². The molecule has 130 valence electrons. The van der Waals surface area contributed by atoms with E-state index in [0.29, 0.717) is 29.9 Å². The van der Waals surface area contributed by atoms with Gasteiger partial charge in [-0.05, 0) is 12.1 Å². The van der Waals surface area contributed by atoms with Crippen LogP contribution in [0, 0.1) is 0 Å². The Balaban J connectivity index is 2.13. The van der Waals surface area contributed by atoms with E-state index in [1.165, 1.54) is 0 Å². The van der Waals surface area contributed by atoms with E-state index >= 15 is 0 Å². The zero-order valence-corrected chi connectivity index (χ0v) is 14.0. The van der Waals surface area contributed by atoms with Crippen LogP contribution in [0.4, 0.5) is 5.69 Å². The third-order valence-electron chi connectivity index (χ3n) is 3.65. The number of nitrogens with one attached hydrogen (secondary N) is 1. The summed E-state index contributed by atoms with van der Waals surface area (Å²) in [6.07, 6.45) is 1.68. The number of hydrogen-bond acceptors (Lipinski definition) is 4. The van der Waals surface area contributed by atoms with Gasteiger partial charge in [0.15, 0.2) is 5.78 Å². The predicted octanol–water partition coefficient (Wildman–Crippen LogP) is 2.34. The number of amides is 1. The number of carbonyl (C=O) groups is 2. The standard InChI is InChI=1S/C20H22N2O3/c1-2-12-22(13-14-23)15-19(24)21-18-11-7-6-10-17(18)20(25)16-8-4-3-5-9-16/h2-11,23H,1,12-15H2,(H,21,24). The van der Waals surface area contributed by atoms with Gasteiger partial charge in [-0.3, -0.25) is 14.5 Å². The van der Waals surface area contributed by atoms with E-state index in [0.717, 1.165) is 0 Å². The Morgan fingerprint density at radius 2 is 1.76 bits per heavy atom. The molecule has 2 rings (SSSR count). The molecule has 5 nitrogen and oxygen atoms in total. The maximum absolute atomic E-state index is 12.7. The van der Waals surface area contributed by atoms with Gasteiger partial charge < -0.3 is 10.4 Å². The van der Waals surface area contributed by atoms with E-state index in [-0.39, 0.29) is 24.8 Å². The summed E-state index contributed by atoms with van der Waals surface area (Å²) in [5, 5.41) is 11.8. The van der Waals surface area contributed by atoms with Crippen LogP contribution in [-0.2, 0) is 4.79 Å². The number of rotatable bonds is 9. The molecule has 1 amide bonds. The van der Waals surface area contributed by atoms with Crippen LogP contribution in [0.1, 0.15) is 15.9 Å². The van der Waals surface area contributed by atoms with Crippen molar-refractivity contribution in [3.63, 3.8) is 0 Å². The highest BCUT2D eigenvalue weighted by molar-refractivity contribution is 6.13. The maximum Gasteiger partial charge on any atom is 0.238 e. The van der Waals surface area contributed by atoms with Crippen molar-refractivity contribution in [2.45, 2.75) is 0 Å². The molecule has 0 aliphatic heterocycles. The van der Waals surface area contributed by atoms with Gasteiger partial charge in [-0.1, -0.05) is 48.5 Å². The van der Waals surface area contributed by atoms with E-state index in [1.807, 2.05) is 6.07 Å². The molecule has 2 aromatic rings. The van der Waals surface area contributed by atoms with Crippen LogP contribution in [0.3, 0.4) is 0 Å². The van der Waals surface area contributed by atoms with Crippen LogP contribution in [0.2, 0.25) is 0 Å². The summed E-state index contributed by atoms with van der Waals surface area (Å²) < 4.78 is 0. The molecule has 0 radical (unpaired) electrons. The maximum atomic E-state index is 12.7. The number of anilines is 1. The second-order valence-corrected chi connectivity index (χ2v) is 5.54. The number of carbonyl (C=O) groups excluding carboxylic acids is 2. The van der Waals surface area contributed by atoms with Gasteiger partial charge in [-0.15, -0.1) is 6.58 Å². The summed E-state index contributed by atoms with van der Waals surface area (Å²) in [4.78, 5) is 26.7. The van der Waals surface area contributed by atoms with E-state index < -0.39 is 0 Å². The topological polar surface area (TPSA) is 69.6 Å². The highest BCUT2D eigenvalue weighted by atomic mass is 16.3. The van der Waals surface area contributed by atoms with Crippen LogP contribution in [0.25, 0.3) is 0 Å². The zero-order chi connectivity index (χ0) is 18.1. The minimum atomic E-state index is -0.247. The lowest BCUT2D eigenvalue weighted by Crippen LogP contribution is -2.35. The van der Waals surface area contributed by atoms with Gasteiger partial charge in [0.2, 0.25) is 5.91 Å². The first kappa shape index (κ1) is 18.6. The second kappa shape index (κ2) is 9.52. The van der Waals surface area contributed by atoms with Crippen molar-refractivity contribution in [1.29, 1.82) is 0 Å². The first-order valence-corrected chi connectivity index (χ1v) is 8.08. The normalized spacial score (nSPS) is 10.5. The molecule has 0 saturated carbocycles. The molecule has 0 fully saturated rings. The number of para-hydroxylation sites is 1. The van der Waals surface area contributed by atoms with Crippen LogP contribution >= 0.6 is 0 Å². The van der Waals surface area contributed by atoms with E-state index in [4.69, 9.17) is 5.11 Å². The molecule has 25 heavy (non-hydrogen) atoms. The van der Waals surface area contributed by atoms with Gasteiger partial charge in [-0.2, -0.15) is 0 Å². The Kier molecular flexibility index (Phi) is 7.07. The summed E-state index contributed by atoms with van der Waals surface area (Å²) in [5.74, 6) is -0.390. The molecular weight excluding hydrogens is 316 g/mol. The van der Waals surface area contributed by atoms with E-state index in [1.54, 1.807) is 59.5 Å². The van der Waals surface area contributed by atoms with Crippen molar-refractivity contribution >= 4 is 17.4 Å². The van der Waals surface area contributed by atoms with Gasteiger partial charge in [-0.25, -0.2) is 0 Å². The lowest BCUT2D eigenvalue weighted by Gasteiger charge is -2.19. The van der Waals surface area contributed by atoms with E-state index in [2.05, 4.69) is 11.9 Å². The first-order valence-electron chi connectivity index (χ1n) is 8.08. The van der Waals surface area contributed by atoms with Gasteiger partial charge >= 0.3 is 0 Å². The van der Waals surface area contributed by atoms with E-state index in [9.17, 15) is 9.59 Å². The zero-order valence-electron chi connectivity index (χ0n) is 14.0. The molecular formula is C20H22N2O3. The Hall–Kier alpha value is -2.76. The number of benzene rings is 2. The Morgan fingerprint density at radius 1 is 1.08 bits per heavy atom. The molecule has 0 aliphatic carbocycles. The molecule has 0 aliphatic rings. The molecule has 0 aromatic heterocycles. The molecule has 0 heterocycles. The Labute approximate surface area is 147 Å². The predicted molar refractivity (Wildman–Crippen MR) is 98.7 cm³/mol. The highest BCUT2D eigenvalue weighted by Gasteiger charge is 2.16. The van der Waals surface area contributed by atoms with Gasteiger partial charge in [0, 0.05) is 24.2 Å². The fraction of sp³-hybridized carbons (Fsp3) is 0.200. The largest absolute Gasteiger partial charge is 0.395 e. The monoisotopic (exact) mass is 338 g/mol. The SMILES string of the molecule is C=CCN(CCO)CC(=O)Nc1ccccc1C(=O)c1ccccc1. The fourth-order valence-electron chi connectivity index (χ4n) is 2.49. The molecule has 0 spiro atoms. The first-order chi connectivity index (χ1) is 12.2. The van der Waals surface area contributed by atoms with Crippen molar-refractivity contribution in [3.05, 3.63) is 78.4 Å². The minimum Gasteiger partial charge on any atom is -0.395 e. The third-order valence-corrected chi connectivity index (χ3v) is 3.65. The van der Waals surface area contributed by atoms with Crippen molar-refractivity contribution in [2.24, 2.45) is 0 Å².